The van der Waals surface area contributed by atoms with Gasteiger partial charge in [0.15, 0.2) is 0 Å². The molecule has 3 rings (SSSR count). The third-order valence-corrected chi connectivity index (χ3v) is 10.6. The molecular formula is C24H41NOSi. The highest BCUT2D eigenvalue weighted by Gasteiger charge is 2.30. The summed E-state index contributed by atoms with van der Waals surface area (Å²) in [6.45, 7) is 13.7. The third-order valence-electron chi connectivity index (χ3n) is 6.62. The smallest absolute Gasteiger partial charge is 0.0678 e. The number of morpholine rings is 1. The Bertz CT molecular complexity index is 563. The summed E-state index contributed by atoms with van der Waals surface area (Å²) >= 11 is 0. The number of hydrogen-bond donors (Lipinski definition) is 0. The molecule has 0 radical (unpaired) electrons. The van der Waals surface area contributed by atoms with E-state index in [1.807, 2.05) is 0 Å². The zero-order valence-corrected chi connectivity index (χ0v) is 19.5. The van der Waals surface area contributed by atoms with Crippen molar-refractivity contribution in [1.82, 2.24) is 4.90 Å². The van der Waals surface area contributed by atoms with Crippen LogP contribution in [0.5, 0.6) is 0 Å². The van der Waals surface area contributed by atoms with E-state index in [9.17, 15) is 0 Å². The Labute approximate surface area is 169 Å². The number of ether oxygens (including phenoxy) is 1. The second-order valence-electron chi connectivity index (χ2n) is 10.3. The molecule has 3 heteroatoms. The molecule has 1 saturated carbocycles. The summed E-state index contributed by atoms with van der Waals surface area (Å²) < 4.78 is 5.98. The lowest BCUT2D eigenvalue weighted by atomic mass is 9.87. The summed E-state index contributed by atoms with van der Waals surface area (Å²) in [5, 5.41) is 0. The van der Waals surface area contributed by atoms with Gasteiger partial charge in [-0.15, -0.1) is 0 Å². The van der Waals surface area contributed by atoms with Gasteiger partial charge >= 0.3 is 0 Å². The van der Waals surface area contributed by atoms with Gasteiger partial charge in [-0.05, 0) is 42.6 Å². The van der Waals surface area contributed by atoms with Gasteiger partial charge in [0.2, 0.25) is 0 Å². The summed E-state index contributed by atoms with van der Waals surface area (Å²) in [6, 6.07) is 11.0. The fourth-order valence-electron chi connectivity index (χ4n) is 5.19. The second-order valence-corrected chi connectivity index (χ2v) is 13.5. The van der Waals surface area contributed by atoms with Crippen molar-refractivity contribution in [2.24, 2.45) is 0 Å². The van der Waals surface area contributed by atoms with Crippen molar-refractivity contribution in [3.63, 3.8) is 0 Å². The van der Waals surface area contributed by atoms with Crippen molar-refractivity contribution < 1.29 is 4.74 Å². The number of benzene rings is 1. The number of hydrogen-bond acceptors (Lipinski definition) is 2. The molecule has 1 aliphatic heterocycles. The predicted octanol–water partition coefficient (Wildman–Crippen LogP) is 5.28. The van der Waals surface area contributed by atoms with Crippen LogP contribution in [0.15, 0.2) is 24.3 Å². The first-order valence-electron chi connectivity index (χ1n) is 11.3. The molecule has 2 aliphatic rings. The summed E-state index contributed by atoms with van der Waals surface area (Å²) in [6.07, 6.45) is 9.54. The van der Waals surface area contributed by atoms with E-state index in [1.165, 1.54) is 49.9 Å². The van der Waals surface area contributed by atoms with Crippen molar-refractivity contribution in [3.8, 4) is 0 Å². The molecule has 2 nitrogen and oxygen atoms in total. The zero-order chi connectivity index (χ0) is 19.4. The molecule has 0 aromatic heterocycles. The molecule has 1 saturated heterocycles. The van der Waals surface area contributed by atoms with Crippen LogP contribution in [-0.2, 0) is 16.2 Å². The van der Waals surface area contributed by atoms with Crippen LogP contribution >= 0.6 is 0 Å². The average Bonchev–Trinajstić information content (AvgIpc) is 2.61. The molecule has 27 heavy (non-hydrogen) atoms. The van der Waals surface area contributed by atoms with E-state index < -0.39 is 8.80 Å². The zero-order valence-electron chi connectivity index (χ0n) is 18.3. The van der Waals surface area contributed by atoms with Crippen LogP contribution in [0.25, 0.3) is 0 Å². The first-order chi connectivity index (χ1) is 12.8. The van der Waals surface area contributed by atoms with Gasteiger partial charge in [-0.3, -0.25) is 0 Å². The molecule has 1 aromatic carbocycles. The van der Waals surface area contributed by atoms with E-state index in [1.54, 1.807) is 5.56 Å². The Morgan fingerprint density at radius 3 is 2.11 bits per heavy atom. The van der Waals surface area contributed by atoms with Gasteiger partial charge in [-0.2, -0.15) is 0 Å². The Morgan fingerprint density at radius 2 is 1.56 bits per heavy atom. The van der Waals surface area contributed by atoms with E-state index >= 15 is 0 Å². The minimum absolute atomic E-state index is 0.249. The van der Waals surface area contributed by atoms with Gasteiger partial charge in [0.1, 0.15) is 0 Å². The van der Waals surface area contributed by atoms with Crippen LogP contribution in [0, 0.1) is 0 Å². The van der Waals surface area contributed by atoms with Gasteiger partial charge in [0.05, 0.1) is 21.0 Å². The van der Waals surface area contributed by atoms with Crippen LogP contribution < -0.4 is 0 Å². The molecule has 0 spiro atoms. The van der Waals surface area contributed by atoms with E-state index in [4.69, 9.17) is 4.74 Å². The van der Waals surface area contributed by atoms with Gasteiger partial charge < -0.3 is 9.64 Å². The minimum Gasteiger partial charge on any atom is -0.373 e. The predicted molar refractivity (Wildman–Crippen MR) is 119 cm³/mol. The van der Waals surface area contributed by atoms with Crippen LogP contribution in [-0.4, -0.2) is 45.2 Å². The van der Waals surface area contributed by atoms with Crippen LogP contribution in [0.2, 0.25) is 5.54 Å². The molecule has 0 bridgehead atoms. The van der Waals surface area contributed by atoms with Crippen LogP contribution in [0.3, 0.4) is 0 Å². The largest absolute Gasteiger partial charge is 0.373 e. The molecular weight excluding hydrogens is 346 g/mol. The number of nitrogens with zero attached hydrogens (tertiary/aromatic N) is 1. The van der Waals surface area contributed by atoms with Gasteiger partial charge in [0, 0.05) is 13.1 Å². The maximum atomic E-state index is 5.98. The molecule has 152 valence electrons. The Hall–Kier alpha value is -0.643. The topological polar surface area (TPSA) is 12.5 Å². The summed E-state index contributed by atoms with van der Waals surface area (Å²) in [4.78, 5) is 2.74. The van der Waals surface area contributed by atoms with E-state index in [2.05, 4.69) is 63.8 Å². The Kier molecular flexibility index (Phi) is 7.21. The second kappa shape index (κ2) is 9.24. The van der Waals surface area contributed by atoms with Gasteiger partial charge in [-0.25, -0.2) is 0 Å². The van der Waals surface area contributed by atoms with Crippen molar-refractivity contribution in [1.29, 1.82) is 0 Å². The maximum absolute atomic E-state index is 5.98. The van der Waals surface area contributed by atoms with Gasteiger partial charge in [0.25, 0.3) is 0 Å². The highest BCUT2D eigenvalue weighted by atomic mass is 28.3. The molecule has 0 amide bonds. The molecule has 3 unspecified atom stereocenters. The normalized spacial score (nSPS) is 26.9. The van der Waals surface area contributed by atoms with Crippen LogP contribution in [0.4, 0.5) is 0 Å². The van der Waals surface area contributed by atoms with E-state index in [0.29, 0.717) is 12.2 Å². The molecule has 1 aromatic rings. The van der Waals surface area contributed by atoms with Crippen LogP contribution in [0.1, 0.15) is 77.8 Å². The van der Waals surface area contributed by atoms with Crippen molar-refractivity contribution in [2.45, 2.75) is 95.9 Å². The molecule has 0 N–H and O–H groups in total. The fourth-order valence-corrected chi connectivity index (χ4v) is 9.21. The lowest BCUT2D eigenvalue weighted by Crippen LogP contribution is -2.50. The monoisotopic (exact) mass is 387 g/mol. The van der Waals surface area contributed by atoms with Crippen molar-refractivity contribution in [3.05, 3.63) is 35.4 Å². The maximum Gasteiger partial charge on any atom is 0.0678 e. The standard InChI is InChI=1S/C24H41NOSi/c1-19-15-25(16-20(2)26-19)18-27(23-9-7-6-8-10-23)17-21-11-13-22(14-12-21)24(3,4)5/h11-14,19-20,23,27H,6-10,15-18H2,1-5H3. The average molecular weight is 388 g/mol. The summed E-state index contributed by atoms with van der Waals surface area (Å²) in [5.41, 5.74) is 4.32. The number of rotatable bonds is 5. The van der Waals surface area contributed by atoms with Crippen molar-refractivity contribution >= 4 is 8.80 Å². The molecule has 2 fully saturated rings. The first kappa shape index (κ1) is 21.1. The SMILES string of the molecule is CC1CN(C[SiH](Cc2ccc(C(C)(C)C)cc2)C2CCCCC2)CC(C)O1. The Balaban J connectivity index is 1.69. The molecule has 1 aliphatic carbocycles. The quantitative estimate of drug-likeness (QED) is 0.638. The molecule has 1 heterocycles. The highest BCUT2D eigenvalue weighted by molar-refractivity contribution is 6.60. The lowest BCUT2D eigenvalue weighted by molar-refractivity contribution is -0.0632. The van der Waals surface area contributed by atoms with Crippen molar-refractivity contribution in [2.75, 3.05) is 19.3 Å². The van der Waals surface area contributed by atoms with Gasteiger partial charge in [-0.1, -0.05) is 82.7 Å². The fraction of sp³-hybridized carbons (Fsp3) is 0.750. The minimum atomic E-state index is -0.857. The molecule has 3 atom stereocenters. The van der Waals surface area contributed by atoms with E-state index in [-0.39, 0.29) is 5.41 Å². The Morgan fingerprint density at radius 1 is 0.963 bits per heavy atom. The first-order valence-corrected chi connectivity index (χ1v) is 13.6. The summed E-state index contributed by atoms with van der Waals surface area (Å²) in [5.74, 6) is 0. The lowest BCUT2D eigenvalue weighted by Gasteiger charge is -2.39. The highest BCUT2D eigenvalue weighted by Crippen LogP contribution is 2.33. The van der Waals surface area contributed by atoms with E-state index in [0.717, 1.165) is 18.6 Å². The summed E-state index contributed by atoms with van der Waals surface area (Å²) in [7, 11) is -0.857. The third kappa shape index (κ3) is 6.17.